The molecule has 2 amide bonds. The summed E-state index contributed by atoms with van der Waals surface area (Å²) in [5.41, 5.74) is -0.547. The van der Waals surface area contributed by atoms with E-state index in [0.717, 1.165) is 18.2 Å². The van der Waals surface area contributed by atoms with Crippen molar-refractivity contribution < 1.29 is 37.1 Å². The average molecular weight is 439 g/mol. The van der Waals surface area contributed by atoms with Crippen LogP contribution in [0.15, 0.2) is 47.6 Å². The van der Waals surface area contributed by atoms with Crippen LogP contribution in [-0.2, 0) is 20.6 Å². The Balaban J connectivity index is 1.89. The maximum atomic E-state index is 12.7. The lowest BCUT2D eigenvalue weighted by atomic mass is 10.2. The van der Waals surface area contributed by atoms with Crippen LogP contribution in [0.3, 0.4) is 0 Å². The molecule has 0 heterocycles. The van der Waals surface area contributed by atoms with Crippen molar-refractivity contribution in [1.82, 2.24) is 0 Å². The van der Waals surface area contributed by atoms with Crippen LogP contribution in [0, 0.1) is 0 Å². The fourth-order valence-electron chi connectivity index (χ4n) is 2.32. The molecule has 1 unspecified atom stereocenters. The second kappa shape index (κ2) is 10.3. The number of hydrogen-bond acceptors (Lipinski definition) is 6. The van der Waals surface area contributed by atoms with Crippen LogP contribution in [0.5, 0.6) is 11.5 Å². The Morgan fingerprint density at radius 2 is 1.68 bits per heavy atom. The van der Waals surface area contributed by atoms with E-state index in [2.05, 4.69) is 15.8 Å². The van der Waals surface area contributed by atoms with Gasteiger partial charge in [0.05, 0.1) is 19.8 Å². The Morgan fingerprint density at radius 1 is 1.00 bits per heavy atom. The molecule has 0 aromatic heterocycles. The third-order valence-electron chi connectivity index (χ3n) is 3.87. The van der Waals surface area contributed by atoms with Crippen LogP contribution in [0.25, 0.3) is 0 Å². The highest BCUT2D eigenvalue weighted by Gasteiger charge is 2.30. The molecular weight excluding hydrogens is 419 g/mol. The number of hydrogen-bond donors (Lipinski definition) is 2. The van der Waals surface area contributed by atoms with Crippen LogP contribution < -0.4 is 20.1 Å². The van der Waals surface area contributed by atoms with Crippen LogP contribution in [0.4, 0.5) is 24.5 Å². The van der Waals surface area contributed by atoms with Crippen molar-refractivity contribution in [2.75, 3.05) is 24.9 Å². The quantitative estimate of drug-likeness (QED) is 0.483. The molecule has 0 saturated carbocycles. The minimum atomic E-state index is -4.53. The molecule has 11 heteroatoms. The van der Waals surface area contributed by atoms with E-state index in [-0.39, 0.29) is 5.69 Å². The van der Waals surface area contributed by atoms with Gasteiger partial charge in [-0.2, -0.15) is 13.2 Å². The Morgan fingerprint density at radius 3 is 2.32 bits per heavy atom. The normalized spacial score (nSPS) is 12.2. The zero-order chi connectivity index (χ0) is 23.0. The number of halogens is 3. The zero-order valence-electron chi connectivity index (χ0n) is 16.8. The second-order valence-corrected chi connectivity index (χ2v) is 6.11. The van der Waals surface area contributed by atoms with Crippen LogP contribution in [0.2, 0.25) is 0 Å². The molecule has 2 aromatic rings. The maximum absolute atomic E-state index is 12.7. The third-order valence-corrected chi connectivity index (χ3v) is 3.87. The van der Waals surface area contributed by atoms with Gasteiger partial charge in [0.1, 0.15) is 6.21 Å². The fourth-order valence-corrected chi connectivity index (χ4v) is 2.32. The number of rotatable bonds is 8. The minimum absolute atomic E-state index is 0.0643. The van der Waals surface area contributed by atoms with Gasteiger partial charge < -0.3 is 24.9 Å². The summed E-state index contributed by atoms with van der Waals surface area (Å²) < 4.78 is 48.4. The van der Waals surface area contributed by atoms with Gasteiger partial charge in [0.15, 0.2) is 11.5 Å². The van der Waals surface area contributed by atoms with Crippen LogP contribution in [-0.4, -0.2) is 38.4 Å². The molecule has 0 spiro atoms. The topological polar surface area (TPSA) is 98.3 Å². The number of alkyl halides is 3. The molecular formula is C20H20F3N3O5. The van der Waals surface area contributed by atoms with E-state index in [9.17, 15) is 22.8 Å². The first-order chi connectivity index (χ1) is 14.6. The highest BCUT2D eigenvalue weighted by molar-refractivity contribution is 6.31. The molecule has 0 aliphatic rings. The summed E-state index contributed by atoms with van der Waals surface area (Å²) in [7, 11) is 2.93. The number of nitrogens with one attached hydrogen (secondary N) is 2. The van der Waals surface area contributed by atoms with E-state index in [4.69, 9.17) is 14.3 Å². The number of anilines is 2. The summed E-state index contributed by atoms with van der Waals surface area (Å²) in [5.74, 6) is -0.478. The van der Waals surface area contributed by atoms with Gasteiger partial charge in [0, 0.05) is 17.4 Å². The summed E-state index contributed by atoms with van der Waals surface area (Å²) in [4.78, 5) is 28.9. The minimum Gasteiger partial charge on any atom is -0.493 e. The number of carbonyl (C=O) groups excluding carboxylic acids is 2. The van der Waals surface area contributed by atoms with Gasteiger partial charge in [-0.05, 0) is 37.3 Å². The number of ether oxygens (including phenoxy) is 2. The molecule has 2 N–H and O–H groups in total. The van der Waals surface area contributed by atoms with E-state index < -0.39 is 29.7 Å². The predicted molar refractivity (Wildman–Crippen MR) is 107 cm³/mol. The van der Waals surface area contributed by atoms with E-state index in [1.54, 1.807) is 18.2 Å². The molecule has 8 nitrogen and oxygen atoms in total. The summed E-state index contributed by atoms with van der Waals surface area (Å²) in [5, 5.41) is 8.21. The van der Waals surface area contributed by atoms with Gasteiger partial charge in [-0.15, -0.1) is 0 Å². The third kappa shape index (κ3) is 6.91. The number of methoxy groups -OCH3 is 2. The molecule has 31 heavy (non-hydrogen) atoms. The van der Waals surface area contributed by atoms with Crippen molar-refractivity contribution in [3.63, 3.8) is 0 Å². The largest absolute Gasteiger partial charge is 0.493 e. The van der Waals surface area contributed by atoms with Crippen molar-refractivity contribution in [2.24, 2.45) is 5.16 Å². The molecule has 0 bridgehead atoms. The monoisotopic (exact) mass is 439 g/mol. The summed E-state index contributed by atoms with van der Waals surface area (Å²) in [6, 6.07) is 8.87. The average Bonchev–Trinajstić information content (AvgIpc) is 2.73. The SMILES string of the molecule is COc1ccc(NC(=O)C(C)O/N=C/C(=O)Nc2cccc(C(F)(F)F)c2)cc1OC. The Labute approximate surface area is 176 Å². The Bertz CT molecular complexity index is 963. The van der Waals surface area contributed by atoms with Crippen LogP contribution >= 0.6 is 0 Å². The molecule has 0 saturated heterocycles. The van der Waals surface area contributed by atoms with E-state index in [0.29, 0.717) is 23.4 Å². The number of amides is 2. The highest BCUT2D eigenvalue weighted by Crippen LogP contribution is 2.31. The van der Waals surface area contributed by atoms with Gasteiger partial charge in [0.2, 0.25) is 6.10 Å². The van der Waals surface area contributed by atoms with Gasteiger partial charge in [-0.25, -0.2) is 0 Å². The first kappa shape index (κ1) is 23.5. The first-order valence-corrected chi connectivity index (χ1v) is 8.84. The molecule has 2 aromatic carbocycles. The fraction of sp³-hybridized carbons (Fsp3) is 0.250. The van der Waals surface area contributed by atoms with Gasteiger partial charge in [-0.1, -0.05) is 11.2 Å². The standard InChI is InChI=1S/C20H20F3N3O5/c1-12(19(28)26-15-7-8-16(29-2)17(10-15)30-3)31-24-11-18(27)25-14-6-4-5-13(9-14)20(21,22)23/h4-12H,1-3H3,(H,25,27)(H,26,28)/b24-11+. The number of oxime groups is 1. The van der Waals surface area contributed by atoms with E-state index >= 15 is 0 Å². The molecule has 0 aliphatic heterocycles. The zero-order valence-corrected chi connectivity index (χ0v) is 16.8. The Kier molecular flexibility index (Phi) is 7.83. The second-order valence-electron chi connectivity index (χ2n) is 6.11. The summed E-state index contributed by atoms with van der Waals surface area (Å²) >= 11 is 0. The van der Waals surface area contributed by atoms with Crippen molar-refractivity contribution in [3.8, 4) is 11.5 Å². The van der Waals surface area contributed by atoms with Crippen molar-refractivity contribution >= 4 is 29.4 Å². The molecule has 2 rings (SSSR count). The van der Waals surface area contributed by atoms with Crippen molar-refractivity contribution in [3.05, 3.63) is 48.0 Å². The lowest BCUT2D eigenvalue weighted by Gasteiger charge is -2.13. The molecule has 0 radical (unpaired) electrons. The first-order valence-electron chi connectivity index (χ1n) is 8.84. The number of benzene rings is 2. The van der Waals surface area contributed by atoms with Crippen LogP contribution in [0.1, 0.15) is 12.5 Å². The van der Waals surface area contributed by atoms with E-state index in [1.165, 1.54) is 27.2 Å². The molecule has 0 fully saturated rings. The van der Waals surface area contributed by atoms with E-state index in [1.807, 2.05) is 0 Å². The van der Waals surface area contributed by atoms with Gasteiger partial charge >= 0.3 is 6.18 Å². The Hall–Kier alpha value is -3.76. The molecule has 1 atom stereocenters. The molecule has 0 aliphatic carbocycles. The molecule has 166 valence electrons. The lowest BCUT2D eigenvalue weighted by molar-refractivity contribution is -0.137. The maximum Gasteiger partial charge on any atom is 0.416 e. The predicted octanol–water partition coefficient (Wildman–Crippen LogP) is 3.69. The number of carbonyl (C=O) groups is 2. The van der Waals surface area contributed by atoms with Crippen molar-refractivity contribution in [1.29, 1.82) is 0 Å². The summed E-state index contributed by atoms with van der Waals surface area (Å²) in [6.45, 7) is 1.40. The lowest BCUT2D eigenvalue weighted by Crippen LogP contribution is -2.26. The number of nitrogens with zero attached hydrogens (tertiary/aromatic N) is 1. The highest BCUT2D eigenvalue weighted by atomic mass is 19.4. The summed E-state index contributed by atoms with van der Waals surface area (Å²) in [6.07, 6.45) is -4.89. The smallest absolute Gasteiger partial charge is 0.416 e. The van der Waals surface area contributed by atoms with Crippen molar-refractivity contribution in [2.45, 2.75) is 19.2 Å². The van der Waals surface area contributed by atoms with Gasteiger partial charge in [0.25, 0.3) is 11.8 Å². The van der Waals surface area contributed by atoms with Gasteiger partial charge in [-0.3, -0.25) is 9.59 Å².